The van der Waals surface area contributed by atoms with Crippen molar-refractivity contribution in [2.24, 2.45) is 5.92 Å². The average Bonchev–Trinajstić information content (AvgIpc) is 2.27. The summed E-state index contributed by atoms with van der Waals surface area (Å²) in [5.74, 6) is -0.775. The highest BCUT2D eigenvalue weighted by molar-refractivity contribution is 6.33. The summed E-state index contributed by atoms with van der Waals surface area (Å²) in [6.07, 6.45) is 0.106. The molecule has 19 heavy (non-hydrogen) atoms. The highest BCUT2D eigenvalue weighted by Crippen LogP contribution is 2.27. The minimum atomic E-state index is -0.827. The molecule has 5 nitrogen and oxygen atoms in total. The van der Waals surface area contributed by atoms with Gasteiger partial charge in [0.25, 0.3) is 0 Å². The Kier molecular flexibility index (Phi) is 3.95. The first-order valence-electron chi connectivity index (χ1n) is 6.00. The van der Waals surface area contributed by atoms with Crippen molar-refractivity contribution in [3.05, 3.63) is 28.8 Å². The van der Waals surface area contributed by atoms with Crippen LogP contribution in [0.5, 0.6) is 0 Å². The summed E-state index contributed by atoms with van der Waals surface area (Å²) in [6, 6.07) is 5.16. The monoisotopic (exact) mass is 282 g/mol. The molecule has 2 amide bonds. The number of carboxylic acid groups (broad SMARTS) is 1. The van der Waals surface area contributed by atoms with Gasteiger partial charge in [-0.15, -0.1) is 0 Å². The van der Waals surface area contributed by atoms with Crippen LogP contribution in [0.4, 0.5) is 10.5 Å². The number of aryl methyl sites for hydroxylation is 1. The van der Waals surface area contributed by atoms with Gasteiger partial charge in [-0.1, -0.05) is 23.7 Å². The van der Waals surface area contributed by atoms with Crippen molar-refractivity contribution in [1.29, 1.82) is 0 Å². The van der Waals surface area contributed by atoms with Gasteiger partial charge in [-0.25, -0.2) is 4.79 Å². The van der Waals surface area contributed by atoms with Crippen LogP contribution in [-0.2, 0) is 4.79 Å². The first kappa shape index (κ1) is 13.7. The second-order valence-corrected chi connectivity index (χ2v) is 5.14. The minimum Gasteiger partial charge on any atom is -0.481 e. The zero-order chi connectivity index (χ0) is 14.0. The Morgan fingerprint density at radius 2 is 2.16 bits per heavy atom. The molecule has 1 saturated heterocycles. The molecule has 1 aromatic carbocycles. The number of benzene rings is 1. The summed E-state index contributed by atoms with van der Waals surface area (Å²) in [5.41, 5.74) is 1.50. The Labute approximate surface area is 116 Å². The maximum atomic E-state index is 11.9. The van der Waals surface area contributed by atoms with Crippen LogP contribution < -0.4 is 5.32 Å². The van der Waals surface area contributed by atoms with Crippen LogP contribution in [0.1, 0.15) is 12.0 Å². The fourth-order valence-electron chi connectivity index (χ4n) is 2.09. The van der Waals surface area contributed by atoms with Crippen molar-refractivity contribution in [3.63, 3.8) is 0 Å². The molecule has 2 N–H and O–H groups in total. The maximum absolute atomic E-state index is 11.9. The number of nitrogens with one attached hydrogen (secondary N) is 1. The second-order valence-electron chi connectivity index (χ2n) is 4.73. The Morgan fingerprint density at radius 1 is 1.47 bits per heavy atom. The van der Waals surface area contributed by atoms with Crippen molar-refractivity contribution < 1.29 is 14.7 Å². The van der Waals surface area contributed by atoms with Crippen molar-refractivity contribution in [2.75, 3.05) is 18.4 Å². The summed E-state index contributed by atoms with van der Waals surface area (Å²) in [4.78, 5) is 24.0. The molecule has 1 fully saturated rings. The molecule has 1 aliphatic heterocycles. The molecule has 0 bridgehead atoms. The number of para-hydroxylation sites is 1. The molecule has 0 saturated carbocycles. The third kappa shape index (κ3) is 3.17. The van der Waals surface area contributed by atoms with E-state index in [0.717, 1.165) is 5.56 Å². The first-order valence-corrected chi connectivity index (χ1v) is 6.38. The van der Waals surface area contributed by atoms with Crippen LogP contribution in [0.2, 0.25) is 5.02 Å². The van der Waals surface area contributed by atoms with Gasteiger partial charge < -0.3 is 15.3 Å². The Balaban J connectivity index is 1.91. The van der Waals surface area contributed by atoms with Crippen LogP contribution in [0.25, 0.3) is 0 Å². The fourth-order valence-corrected chi connectivity index (χ4v) is 2.36. The van der Waals surface area contributed by atoms with E-state index in [2.05, 4.69) is 5.32 Å². The van der Waals surface area contributed by atoms with Gasteiger partial charge in [0.1, 0.15) is 0 Å². The minimum absolute atomic E-state index is 0.0515. The number of amides is 2. The SMILES string of the molecule is Cc1cccc(Cl)c1NC(=O)N1CC(CC(=O)O)C1. The number of likely N-dealkylation sites (tertiary alicyclic amines) is 1. The molecule has 0 atom stereocenters. The van der Waals surface area contributed by atoms with Crippen LogP contribution in [-0.4, -0.2) is 35.1 Å². The lowest BCUT2D eigenvalue weighted by atomic mass is 9.97. The van der Waals surface area contributed by atoms with Crippen molar-refractivity contribution in [2.45, 2.75) is 13.3 Å². The van der Waals surface area contributed by atoms with Crippen LogP contribution in [0, 0.1) is 12.8 Å². The zero-order valence-corrected chi connectivity index (χ0v) is 11.3. The number of hydrogen-bond acceptors (Lipinski definition) is 2. The average molecular weight is 283 g/mol. The van der Waals surface area contributed by atoms with E-state index in [1.165, 1.54) is 0 Å². The van der Waals surface area contributed by atoms with Gasteiger partial charge in [0.15, 0.2) is 0 Å². The molecule has 0 aliphatic carbocycles. The topological polar surface area (TPSA) is 69.6 Å². The number of nitrogens with zero attached hydrogens (tertiary/aromatic N) is 1. The third-order valence-corrected chi connectivity index (χ3v) is 3.48. The molecule has 1 aromatic rings. The van der Waals surface area contributed by atoms with Crippen molar-refractivity contribution in [3.8, 4) is 0 Å². The number of carbonyl (C=O) groups excluding carboxylic acids is 1. The van der Waals surface area contributed by atoms with E-state index in [9.17, 15) is 9.59 Å². The second kappa shape index (κ2) is 5.48. The summed E-state index contributed by atoms with van der Waals surface area (Å²) in [6.45, 7) is 2.81. The predicted octanol–water partition coefficient (Wildman–Crippen LogP) is 2.59. The van der Waals surface area contributed by atoms with Crippen LogP contribution in [0.3, 0.4) is 0 Å². The number of aliphatic carboxylic acids is 1. The van der Waals surface area contributed by atoms with Crippen molar-refractivity contribution >= 4 is 29.3 Å². The molecule has 102 valence electrons. The van der Waals surface area contributed by atoms with Gasteiger partial charge in [0, 0.05) is 19.0 Å². The molecule has 6 heteroatoms. The summed E-state index contributed by atoms with van der Waals surface area (Å²) < 4.78 is 0. The Bertz CT molecular complexity index is 492. The van der Waals surface area contributed by atoms with Crippen LogP contribution >= 0.6 is 11.6 Å². The lowest BCUT2D eigenvalue weighted by Crippen LogP contribution is -2.52. The van der Waals surface area contributed by atoms with E-state index >= 15 is 0 Å². The van der Waals surface area contributed by atoms with Gasteiger partial charge in [0.2, 0.25) is 0 Å². The summed E-state index contributed by atoms with van der Waals surface area (Å²) in [7, 11) is 0. The third-order valence-electron chi connectivity index (χ3n) is 3.16. The largest absolute Gasteiger partial charge is 0.481 e. The molecule has 0 aromatic heterocycles. The smallest absolute Gasteiger partial charge is 0.321 e. The quantitative estimate of drug-likeness (QED) is 0.895. The van der Waals surface area contributed by atoms with Crippen molar-refractivity contribution in [1.82, 2.24) is 4.90 Å². The molecule has 1 aliphatic rings. The van der Waals surface area contributed by atoms with Gasteiger partial charge in [-0.2, -0.15) is 0 Å². The normalized spacial score (nSPS) is 14.9. The number of hydrogen-bond donors (Lipinski definition) is 2. The number of anilines is 1. The van der Waals surface area contributed by atoms with Gasteiger partial charge in [-0.05, 0) is 18.6 Å². The fraction of sp³-hybridized carbons (Fsp3) is 0.385. The van der Waals surface area contributed by atoms with E-state index in [0.29, 0.717) is 23.8 Å². The Hall–Kier alpha value is -1.75. The molecular weight excluding hydrogens is 268 g/mol. The van der Waals surface area contributed by atoms with Gasteiger partial charge in [0.05, 0.1) is 17.1 Å². The Morgan fingerprint density at radius 3 is 2.74 bits per heavy atom. The number of carbonyl (C=O) groups is 2. The molecule has 0 spiro atoms. The number of halogens is 1. The predicted molar refractivity (Wildman–Crippen MR) is 72.5 cm³/mol. The molecule has 0 radical (unpaired) electrons. The number of urea groups is 1. The van der Waals surface area contributed by atoms with E-state index in [1.54, 1.807) is 11.0 Å². The van der Waals surface area contributed by atoms with Gasteiger partial charge in [-0.3, -0.25) is 4.79 Å². The molecule has 1 heterocycles. The standard InChI is InChI=1S/C13H15ClN2O3/c1-8-3-2-4-10(14)12(8)15-13(19)16-6-9(7-16)5-11(17)18/h2-4,9H,5-7H2,1H3,(H,15,19)(H,17,18). The number of carboxylic acids is 1. The molecule has 0 unspecified atom stereocenters. The summed E-state index contributed by atoms with van der Waals surface area (Å²) in [5, 5.41) is 11.9. The zero-order valence-electron chi connectivity index (χ0n) is 10.5. The highest BCUT2D eigenvalue weighted by Gasteiger charge is 2.32. The van der Waals surface area contributed by atoms with E-state index < -0.39 is 5.97 Å². The van der Waals surface area contributed by atoms with Crippen LogP contribution in [0.15, 0.2) is 18.2 Å². The lowest BCUT2D eigenvalue weighted by Gasteiger charge is -2.38. The lowest BCUT2D eigenvalue weighted by molar-refractivity contribution is -0.139. The molecule has 2 rings (SSSR count). The first-order chi connectivity index (χ1) is 8.97. The van der Waals surface area contributed by atoms with E-state index in [1.807, 2.05) is 19.1 Å². The number of rotatable bonds is 3. The van der Waals surface area contributed by atoms with E-state index in [-0.39, 0.29) is 18.4 Å². The van der Waals surface area contributed by atoms with E-state index in [4.69, 9.17) is 16.7 Å². The van der Waals surface area contributed by atoms with Gasteiger partial charge >= 0.3 is 12.0 Å². The summed E-state index contributed by atoms with van der Waals surface area (Å²) >= 11 is 6.03. The molecular formula is C13H15ClN2O3. The maximum Gasteiger partial charge on any atom is 0.321 e. The highest BCUT2D eigenvalue weighted by atomic mass is 35.5.